The van der Waals surface area contributed by atoms with Gasteiger partial charge in [0, 0.05) is 12.1 Å². The standard InChI is InChI=1S/C12H21NO2/c1-7-6-9-8(2)10(9)13(7)11(14)15-12(3,4)5/h7-10H,6H2,1-5H3/t7-,8-,9?,10?/m1/s1. The molecule has 3 heteroatoms. The van der Waals surface area contributed by atoms with Crippen LogP contribution in [0, 0.1) is 11.8 Å². The maximum atomic E-state index is 12.0. The van der Waals surface area contributed by atoms with Gasteiger partial charge in [0.1, 0.15) is 5.60 Å². The Morgan fingerprint density at radius 2 is 1.93 bits per heavy atom. The Balaban J connectivity index is 2.01. The van der Waals surface area contributed by atoms with Gasteiger partial charge >= 0.3 is 6.09 Å². The van der Waals surface area contributed by atoms with Crippen LogP contribution in [0.15, 0.2) is 0 Å². The van der Waals surface area contributed by atoms with E-state index in [0.717, 1.165) is 12.3 Å². The van der Waals surface area contributed by atoms with Crippen LogP contribution in [0.3, 0.4) is 0 Å². The summed E-state index contributed by atoms with van der Waals surface area (Å²) in [7, 11) is 0. The average Bonchev–Trinajstić information content (AvgIpc) is 2.56. The minimum Gasteiger partial charge on any atom is -0.444 e. The Bertz CT molecular complexity index is 282. The molecule has 0 aromatic heterocycles. The summed E-state index contributed by atoms with van der Waals surface area (Å²) in [6.07, 6.45) is 1.01. The summed E-state index contributed by atoms with van der Waals surface area (Å²) in [5.41, 5.74) is -0.382. The van der Waals surface area contributed by atoms with Crippen LogP contribution in [0.2, 0.25) is 0 Å². The van der Waals surface area contributed by atoms with Crippen LogP contribution >= 0.6 is 0 Å². The van der Waals surface area contributed by atoms with Crippen molar-refractivity contribution in [1.82, 2.24) is 4.90 Å². The number of hydrogen-bond donors (Lipinski definition) is 0. The first kappa shape index (κ1) is 10.8. The van der Waals surface area contributed by atoms with Gasteiger partial charge in [-0.3, -0.25) is 0 Å². The molecule has 2 fully saturated rings. The van der Waals surface area contributed by atoms with Crippen LogP contribution < -0.4 is 0 Å². The second-order valence-electron chi connectivity index (χ2n) is 5.99. The van der Waals surface area contributed by atoms with Gasteiger partial charge in [-0.15, -0.1) is 0 Å². The summed E-state index contributed by atoms with van der Waals surface area (Å²) in [5.74, 6) is 1.40. The number of carbonyl (C=O) groups excluding carboxylic acids is 1. The highest BCUT2D eigenvalue weighted by Crippen LogP contribution is 2.53. The summed E-state index contributed by atoms with van der Waals surface area (Å²) in [4.78, 5) is 13.9. The van der Waals surface area contributed by atoms with Crippen molar-refractivity contribution in [3.8, 4) is 0 Å². The summed E-state index contributed by atoms with van der Waals surface area (Å²) >= 11 is 0. The molecule has 0 bridgehead atoms. The number of amides is 1. The summed E-state index contributed by atoms with van der Waals surface area (Å²) < 4.78 is 5.42. The smallest absolute Gasteiger partial charge is 0.410 e. The monoisotopic (exact) mass is 211 g/mol. The Labute approximate surface area is 91.8 Å². The molecule has 2 rings (SSSR count). The van der Waals surface area contributed by atoms with E-state index in [-0.39, 0.29) is 11.7 Å². The van der Waals surface area contributed by atoms with Gasteiger partial charge in [-0.25, -0.2) is 4.79 Å². The van der Waals surface area contributed by atoms with Gasteiger partial charge in [0.25, 0.3) is 0 Å². The van der Waals surface area contributed by atoms with Crippen molar-refractivity contribution in [3.05, 3.63) is 0 Å². The van der Waals surface area contributed by atoms with E-state index in [9.17, 15) is 4.79 Å². The number of fused-ring (bicyclic) bond motifs is 1. The first-order valence-electron chi connectivity index (χ1n) is 5.82. The van der Waals surface area contributed by atoms with E-state index < -0.39 is 0 Å². The Morgan fingerprint density at radius 3 is 2.40 bits per heavy atom. The van der Waals surface area contributed by atoms with Crippen molar-refractivity contribution in [2.24, 2.45) is 11.8 Å². The fourth-order valence-corrected chi connectivity index (χ4v) is 2.75. The first-order valence-corrected chi connectivity index (χ1v) is 5.82. The second-order valence-corrected chi connectivity index (χ2v) is 5.99. The highest BCUT2D eigenvalue weighted by atomic mass is 16.6. The maximum Gasteiger partial charge on any atom is 0.410 e. The molecule has 0 aromatic rings. The molecule has 0 spiro atoms. The average molecular weight is 211 g/mol. The van der Waals surface area contributed by atoms with Gasteiger partial charge in [-0.1, -0.05) is 6.92 Å². The van der Waals surface area contributed by atoms with E-state index in [1.165, 1.54) is 0 Å². The fraction of sp³-hybridized carbons (Fsp3) is 0.917. The molecule has 4 atom stereocenters. The normalized spacial score (nSPS) is 38.9. The summed E-state index contributed by atoms with van der Waals surface area (Å²) in [5, 5.41) is 0. The van der Waals surface area contributed by atoms with E-state index in [1.54, 1.807) is 0 Å². The van der Waals surface area contributed by atoms with Crippen LogP contribution in [-0.4, -0.2) is 28.7 Å². The van der Waals surface area contributed by atoms with Crippen molar-refractivity contribution >= 4 is 6.09 Å². The zero-order valence-corrected chi connectivity index (χ0v) is 10.3. The zero-order chi connectivity index (χ0) is 11.4. The number of rotatable bonds is 0. The maximum absolute atomic E-state index is 12.0. The summed E-state index contributed by atoms with van der Waals surface area (Å²) in [6.45, 7) is 10.1. The number of likely N-dealkylation sites (tertiary alicyclic amines) is 1. The molecule has 1 saturated heterocycles. The number of nitrogens with zero attached hydrogens (tertiary/aromatic N) is 1. The molecule has 1 aliphatic carbocycles. The largest absolute Gasteiger partial charge is 0.444 e. The van der Waals surface area contributed by atoms with Crippen molar-refractivity contribution in [2.45, 2.75) is 58.7 Å². The molecular weight excluding hydrogens is 190 g/mol. The Hall–Kier alpha value is -0.730. The number of piperidine rings is 1. The van der Waals surface area contributed by atoms with Crippen LogP contribution in [-0.2, 0) is 4.74 Å². The molecule has 1 saturated carbocycles. The zero-order valence-electron chi connectivity index (χ0n) is 10.3. The number of carbonyl (C=O) groups is 1. The number of hydrogen-bond acceptors (Lipinski definition) is 2. The van der Waals surface area contributed by atoms with E-state index >= 15 is 0 Å². The lowest BCUT2D eigenvalue weighted by Crippen LogP contribution is -2.41. The third-order valence-corrected chi connectivity index (χ3v) is 3.53. The molecule has 3 nitrogen and oxygen atoms in total. The van der Waals surface area contributed by atoms with E-state index in [2.05, 4.69) is 13.8 Å². The molecule has 2 aliphatic rings. The van der Waals surface area contributed by atoms with E-state index in [0.29, 0.717) is 18.0 Å². The number of ether oxygens (including phenoxy) is 1. The third kappa shape index (κ3) is 1.84. The molecule has 1 aliphatic heterocycles. The fourth-order valence-electron chi connectivity index (χ4n) is 2.75. The van der Waals surface area contributed by atoms with Gasteiger partial charge in [-0.2, -0.15) is 0 Å². The van der Waals surface area contributed by atoms with Crippen LogP contribution in [0.5, 0.6) is 0 Å². The van der Waals surface area contributed by atoms with Crippen LogP contribution in [0.25, 0.3) is 0 Å². The third-order valence-electron chi connectivity index (χ3n) is 3.53. The molecule has 86 valence electrons. The SMILES string of the molecule is C[C@@H]1C2C[C@@H](C)N(C(=O)OC(C)(C)C)C21. The topological polar surface area (TPSA) is 29.5 Å². The highest BCUT2D eigenvalue weighted by molar-refractivity contribution is 5.70. The van der Waals surface area contributed by atoms with Crippen molar-refractivity contribution in [2.75, 3.05) is 0 Å². The molecule has 2 unspecified atom stereocenters. The first-order chi connectivity index (χ1) is 6.81. The van der Waals surface area contributed by atoms with Gasteiger partial charge in [0.05, 0.1) is 0 Å². The molecule has 1 heterocycles. The van der Waals surface area contributed by atoms with Crippen molar-refractivity contribution in [3.63, 3.8) is 0 Å². The van der Waals surface area contributed by atoms with Gasteiger partial charge in [-0.05, 0) is 46.0 Å². The molecule has 0 radical (unpaired) electrons. The molecule has 1 amide bonds. The molecule has 0 N–H and O–H groups in total. The predicted molar refractivity (Wildman–Crippen MR) is 58.6 cm³/mol. The lowest BCUT2D eigenvalue weighted by molar-refractivity contribution is 0.0185. The van der Waals surface area contributed by atoms with Gasteiger partial charge in [0.15, 0.2) is 0 Å². The van der Waals surface area contributed by atoms with Crippen molar-refractivity contribution in [1.29, 1.82) is 0 Å². The lowest BCUT2D eigenvalue weighted by atomic mass is 10.1. The molecule has 15 heavy (non-hydrogen) atoms. The quantitative estimate of drug-likeness (QED) is 0.616. The second kappa shape index (κ2) is 3.13. The Morgan fingerprint density at radius 1 is 1.33 bits per heavy atom. The van der Waals surface area contributed by atoms with Gasteiger partial charge in [0.2, 0.25) is 0 Å². The minimum atomic E-state index is -0.382. The molecular formula is C12H21NO2. The highest BCUT2D eigenvalue weighted by Gasteiger charge is 2.59. The molecule has 0 aromatic carbocycles. The summed E-state index contributed by atoms with van der Waals surface area (Å²) in [6, 6.07) is 0.806. The Kier molecular flexibility index (Phi) is 2.25. The van der Waals surface area contributed by atoms with E-state index in [4.69, 9.17) is 4.74 Å². The van der Waals surface area contributed by atoms with Crippen LogP contribution in [0.4, 0.5) is 4.79 Å². The minimum absolute atomic E-state index is 0.133. The lowest BCUT2D eigenvalue weighted by Gasteiger charge is -2.29. The predicted octanol–water partition coefficient (Wildman–Crippen LogP) is 2.65. The van der Waals surface area contributed by atoms with Gasteiger partial charge < -0.3 is 9.64 Å². The van der Waals surface area contributed by atoms with Crippen LogP contribution in [0.1, 0.15) is 41.0 Å². The van der Waals surface area contributed by atoms with E-state index in [1.807, 2.05) is 25.7 Å². The van der Waals surface area contributed by atoms with Crippen molar-refractivity contribution < 1.29 is 9.53 Å².